The molecule has 3 rings (SSSR count). The lowest BCUT2D eigenvalue weighted by Crippen LogP contribution is -2.21. The molecule has 0 radical (unpaired) electrons. The molecular weight excluding hydrogens is 260 g/mol. The largest absolute Gasteiger partial charge is 0.507 e. The number of fused-ring (bicyclic) bond motifs is 2. The summed E-state index contributed by atoms with van der Waals surface area (Å²) < 4.78 is 0. The van der Waals surface area contributed by atoms with Gasteiger partial charge in [-0.3, -0.25) is 14.4 Å². The molecule has 0 fully saturated rings. The minimum Gasteiger partial charge on any atom is -0.507 e. The predicted octanol–water partition coefficient (Wildman–Crippen LogP) is 1.69. The molecule has 98 valence electrons. The van der Waals surface area contributed by atoms with Crippen LogP contribution in [0.1, 0.15) is 42.2 Å². The summed E-state index contributed by atoms with van der Waals surface area (Å²) in [6, 6.07) is 6.54. The first kappa shape index (κ1) is 12.1. The van der Waals surface area contributed by atoms with Crippen LogP contribution in [0.3, 0.4) is 0 Å². The van der Waals surface area contributed by atoms with Crippen molar-refractivity contribution in [3.05, 3.63) is 58.1 Å². The number of aldehydes is 1. The first-order chi connectivity index (χ1) is 9.54. The Labute approximate surface area is 113 Å². The lowest BCUT2D eigenvalue weighted by Gasteiger charge is -2.19. The van der Waals surface area contributed by atoms with Crippen molar-refractivity contribution in [1.82, 2.24) is 0 Å². The molecule has 0 spiro atoms. The SMILES string of the molecule is O=Cc1cc(O)c2c(c1)C(=O)c1cccc(O)c1C2=O. The summed E-state index contributed by atoms with van der Waals surface area (Å²) in [5.74, 6) is -1.91. The van der Waals surface area contributed by atoms with Gasteiger partial charge >= 0.3 is 0 Å². The number of phenols is 2. The molecule has 0 unspecified atom stereocenters. The van der Waals surface area contributed by atoms with E-state index >= 15 is 0 Å². The summed E-state index contributed by atoms with van der Waals surface area (Å²) in [5, 5.41) is 19.6. The minimum absolute atomic E-state index is 0.0322. The van der Waals surface area contributed by atoms with E-state index < -0.39 is 17.3 Å². The molecule has 0 aromatic heterocycles. The number of carbonyl (C=O) groups excluding carboxylic acids is 3. The minimum atomic E-state index is -0.636. The van der Waals surface area contributed by atoms with E-state index in [2.05, 4.69) is 0 Å². The normalized spacial score (nSPS) is 12.8. The van der Waals surface area contributed by atoms with Crippen LogP contribution in [-0.2, 0) is 0 Å². The van der Waals surface area contributed by atoms with E-state index in [0.29, 0.717) is 6.29 Å². The van der Waals surface area contributed by atoms with E-state index in [4.69, 9.17) is 0 Å². The van der Waals surface area contributed by atoms with E-state index in [-0.39, 0.29) is 33.6 Å². The highest BCUT2D eigenvalue weighted by Crippen LogP contribution is 2.36. The van der Waals surface area contributed by atoms with Crippen molar-refractivity contribution in [3.63, 3.8) is 0 Å². The average Bonchev–Trinajstić information content (AvgIpc) is 2.43. The van der Waals surface area contributed by atoms with Crippen LogP contribution in [0.2, 0.25) is 0 Å². The number of carbonyl (C=O) groups is 3. The molecular formula is C15H8O5. The van der Waals surface area contributed by atoms with Crippen LogP contribution < -0.4 is 0 Å². The van der Waals surface area contributed by atoms with Crippen LogP contribution in [0.25, 0.3) is 0 Å². The van der Waals surface area contributed by atoms with Gasteiger partial charge in [0.25, 0.3) is 0 Å². The fourth-order valence-electron chi connectivity index (χ4n) is 2.37. The second kappa shape index (κ2) is 4.03. The summed E-state index contributed by atoms with van der Waals surface area (Å²) in [7, 11) is 0. The molecule has 0 atom stereocenters. The number of phenolic OH excluding ortho intramolecular Hbond substituents is 2. The third-order valence-electron chi connectivity index (χ3n) is 3.26. The van der Waals surface area contributed by atoms with Gasteiger partial charge in [0, 0.05) is 16.7 Å². The smallest absolute Gasteiger partial charge is 0.201 e. The number of hydrogen-bond acceptors (Lipinski definition) is 5. The number of rotatable bonds is 1. The molecule has 0 amide bonds. The maximum absolute atomic E-state index is 12.3. The first-order valence-electron chi connectivity index (χ1n) is 5.78. The van der Waals surface area contributed by atoms with E-state index in [0.717, 1.165) is 6.07 Å². The van der Waals surface area contributed by atoms with Gasteiger partial charge in [-0.25, -0.2) is 0 Å². The van der Waals surface area contributed by atoms with Gasteiger partial charge in [-0.2, -0.15) is 0 Å². The van der Waals surface area contributed by atoms with Gasteiger partial charge in [-0.05, 0) is 18.2 Å². The fourth-order valence-corrected chi connectivity index (χ4v) is 2.37. The highest BCUT2D eigenvalue weighted by atomic mass is 16.3. The molecule has 0 heterocycles. The van der Waals surface area contributed by atoms with Crippen molar-refractivity contribution in [2.24, 2.45) is 0 Å². The van der Waals surface area contributed by atoms with Crippen LogP contribution in [0.5, 0.6) is 11.5 Å². The molecule has 20 heavy (non-hydrogen) atoms. The lowest BCUT2D eigenvalue weighted by molar-refractivity contribution is 0.0974. The maximum atomic E-state index is 12.3. The molecule has 2 N–H and O–H groups in total. The second-order valence-electron chi connectivity index (χ2n) is 4.44. The van der Waals surface area contributed by atoms with E-state index in [1.54, 1.807) is 0 Å². The predicted molar refractivity (Wildman–Crippen MR) is 68.5 cm³/mol. The third-order valence-corrected chi connectivity index (χ3v) is 3.26. The molecule has 2 aromatic carbocycles. The van der Waals surface area contributed by atoms with Gasteiger partial charge in [-0.15, -0.1) is 0 Å². The van der Waals surface area contributed by atoms with Gasteiger partial charge in [0.2, 0.25) is 5.78 Å². The Balaban J connectivity index is 2.38. The Hall–Kier alpha value is -2.95. The van der Waals surface area contributed by atoms with Crippen molar-refractivity contribution in [2.45, 2.75) is 0 Å². The maximum Gasteiger partial charge on any atom is 0.201 e. The highest BCUT2D eigenvalue weighted by Gasteiger charge is 2.34. The second-order valence-corrected chi connectivity index (χ2v) is 4.44. The Morgan fingerprint density at radius 1 is 0.850 bits per heavy atom. The van der Waals surface area contributed by atoms with Gasteiger partial charge in [0.1, 0.15) is 17.8 Å². The standard InChI is InChI=1S/C15H8O5/c16-6-7-4-9-13(11(18)5-7)15(20)12-8(14(9)19)2-1-3-10(12)17/h1-6,17-18H. The Morgan fingerprint density at radius 3 is 2.25 bits per heavy atom. The molecule has 0 saturated heterocycles. The fraction of sp³-hybridized carbons (Fsp3) is 0. The van der Waals surface area contributed by atoms with Crippen LogP contribution in [-0.4, -0.2) is 28.1 Å². The van der Waals surface area contributed by atoms with Crippen LogP contribution in [0.4, 0.5) is 0 Å². The Kier molecular flexibility index (Phi) is 2.44. The first-order valence-corrected chi connectivity index (χ1v) is 5.78. The Bertz CT molecular complexity index is 789. The highest BCUT2D eigenvalue weighted by molar-refractivity contribution is 6.30. The van der Waals surface area contributed by atoms with Gasteiger partial charge in [-0.1, -0.05) is 12.1 Å². The zero-order chi connectivity index (χ0) is 14.4. The van der Waals surface area contributed by atoms with Gasteiger partial charge < -0.3 is 10.2 Å². The van der Waals surface area contributed by atoms with Crippen molar-refractivity contribution >= 4 is 17.9 Å². The zero-order valence-corrected chi connectivity index (χ0v) is 10.1. The Morgan fingerprint density at radius 2 is 1.55 bits per heavy atom. The van der Waals surface area contributed by atoms with Crippen LogP contribution in [0.15, 0.2) is 30.3 Å². The van der Waals surface area contributed by atoms with Crippen molar-refractivity contribution in [1.29, 1.82) is 0 Å². The quantitative estimate of drug-likeness (QED) is 0.655. The van der Waals surface area contributed by atoms with Gasteiger partial charge in [0.05, 0.1) is 11.1 Å². The van der Waals surface area contributed by atoms with Gasteiger partial charge in [0.15, 0.2) is 5.78 Å². The van der Waals surface area contributed by atoms with E-state index in [9.17, 15) is 24.6 Å². The molecule has 1 aliphatic rings. The van der Waals surface area contributed by atoms with Crippen LogP contribution >= 0.6 is 0 Å². The average molecular weight is 268 g/mol. The zero-order valence-electron chi connectivity index (χ0n) is 10.1. The van der Waals surface area contributed by atoms with Crippen molar-refractivity contribution in [3.8, 4) is 11.5 Å². The summed E-state index contributed by atoms with van der Waals surface area (Å²) in [6.07, 6.45) is 0.482. The van der Waals surface area contributed by atoms with E-state index in [1.165, 1.54) is 24.3 Å². The molecule has 5 heteroatoms. The summed E-state index contributed by atoms with van der Waals surface area (Å²) in [6.45, 7) is 0. The van der Waals surface area contributed by atoms with Crippen LogP contribution in [0, 0.1) is 0 Å². The molecule has 2 aromatic rings. The van der Waals surface area contributed by atoms with Crippen molar-refractivity contribution in [2.75, 3.05) is 0 Å². The number of ketones is 2. The van der Waals surface area contributed by atoms with Crippen molar-refractivity contribution < 1.29 is 24.6 Å². The third kappa shape index (κ3) is 1.46. The number of hydrogen-bond donors (Lipinski definition) is 2. The summed E-state index contributed by atoms with van der Waals surface area (Å²) >= 11 is 0. The molecule has 0 bridgehead atoms. The summed E-state index contributed by atoms with van der Waals surface area (Å²) in [5.41, 5.74) is -0.181. The summed E-state index contributed by atoms with van der Waals surface area (Å²) in [4.78, 5) is 35.5. The molecule has 0 saturated carbocycles. The lowest BCUT2D eigenvalue weighted by atomic mass is 9.82. The molecule has 1 aliphatic carbocycles. The number of aromatic hydroxyl groups is 2. The molecule has 0 aliphatic heterocycles. The molecule has 5 nitrogen and oxygen atoms in total. The topological polar surface area (TPSA) is 91.7 Å². The monoisotopic (exact) mass is 268 g/mol. The number of benzene rings is 2. The van der Waals surface area contributed by atoms with E-state index in [1.807, 2.05) is 0 Å².